The van der Waals surface area contributed by atoms with Crippen LogP contribution in [0.2, 0.25) is 0 Å². The summed E-state index contributed by atoms with van der Waals surface area (Å²) in [7, 11) is 0. The first-order valence-electron chi connectivity index (χ1n) is 10.9. The average molecular weight is 412 g/mol. The Kier molecular flexibility index (Phi) is 4.83. The van der Waals surface area contributed by atoms with E-state index in [1.807, 2.05) is 48.5 Å². The molecular weight excluding hydrogens is 386 g/mol. The van der Waals surface area contributed by atoms with Crippen molar-refractivity contribution in [1.29, 1.82) is 0 Å². The Labute approximate surface area is 179 Å². The highest BCUT2D eigenvalue weighted by molar-refractivity contribution is 6.03. The zero-order valence-electron chi connectivity index (χ0n) is 17.8. The number of hydrogen-bond acceptors (Lipinski definition) is 3. The molecule has 5 aromatic rings. The second-order valence-corrected chi connectivity index (χ2v) is 8.01. The first-order chi connectivity index (χ1) is 15.1. The predicted molar refractivity (Wildman–Crippen MR) is 129 cm³/mol. The first-order valence-corrected chi connectivity index (χ1v) is 10.9. The number of nitrogens with zero attached hydrogens (tertiary/aromatic N) is 1. The number of aromatic amines is 2. The van der Waals surface area contributed by atoms with Crippen LogP contribution in [0.25, 0.3) is 43.6 Å². The molecule has 0 fully saturated rings. The van der Waals surface area contributed by atoms with E-state index in [1.165, 1.54) is 0 Å². The number of hydrogen-bond donors (Lipinski definition) is 2. The van der Waals surface area contributed by atoms with Crippen molar-refractivity contribution < 1.29 is 0 Å². The van der Waals surface area contributed by atoms with Gasteiger partial charge in [0.1, 0.15) is 0 Å². The van der Waals surface area contributed by atoms with E-state index in [0.717, 1.165) is 48.0 Å². The van der Waals surface area contributed by atoms with Gasteiger partial charge < -0.3 is 14.9 Å². The van der Waals surface area contributed by atoms with Crippen molar-refractivity contribution in [3.63, 3.8) is 0 Å². The maximum Gasteiger partial charge on any atom is 0.197 e. The van der Waals surface area contributed by atoms with Crippen LogP contribution in [0.1, 0.15) is 19.4 Å². The fraction of sp³-hybridized carbons (Fsp3) is 0.231. The van der Waals surface area contributed by atoms with Crippen LogP contribution in [-0.2, 0) is 6.42 Å². The minimum Gasteiger partial charge on any atom is -0.354 e. The van der Waals surface area contributed by atoms with Crippen molar-refractivity contribution in [3.8, 4) is 0 Å². The second kappa shape index (κ2) is 7.67. The highest BCUT2D eigenvalue weighted by Gasteiger charge is 2.13. The van der Waals surface area contributed by atoms with Gasteiger partial charge in [0.15, 0.2) is 10.9 Å². The van der Waals surface area contributed by atoms with Gasteiger partial charge in [-0.3, -0.25) is 9.59 Å². The highest BCUT2D eigenvalue weighted by atomic mass is 16.1. The molecule has 0 amide bonds. The van der Waals surface area contributed by atoms with Crippen molar-refractivity contribution >= 4 is 43.6 Å². The monoisotopic (exact) mass is 411 g/mol. The molecule has 0 aliphatic carbocycles. The summed E-state index contributed by atoms with van der Waals surface area (Å²) in [5.74, 6) is 0. The Balaban J connectivity index is 1.76. The largest absolute Gasteiger partial charge is 0.354 e. The molecule has 31 heavy (non-hydrogen) atoms. The molecule has 0 saturated carbocycles. The summed E-state index contributed by atoms with van der Waals surface area (Å²) in [6.07, 6.45) is 0.822. The van der Waals surface area contributed by atoms with Crippen molar-refractivity contribution in [2.45, 2.75) is 20.3 Å². The van der Waals surface area contributed by atoms with Gasteiger partial charge in [-0.05, 0) is 55.4 Å². The lowest BCUT2D eigenvalue weighted by Gasteiger charge is -2.18. The van der Waals surface area contributed by atoms with Crippen LogP contribution in [0.5, 0.6) is 0 Å². The minimum atomic E-state index is -0.0276. The number of nitrogens with one attached hydrogen (secondary N) is 2. The van der Waals surface area contributed by atoms with Gasteiger partial charge in [0, 0.05) is 33.6 Å². The van der Waals surface area contributed by atoms with Gasteiger partial charge in [-0.2, -0.15) is 0 Å². The Hall–Kier alpha value is -3.44. The molecule has 0 aliphatic heterocycles. The molecule has 0 bridgehead atoms. The van der Waals surface area contributed by atoms with E-state index >= 15 is 0 Å². The first kappa shape index (κ1) is 19.5. The third kappa shape index (κ3) is 3.22. The van der Waals surface area contributed by atoms with Gasteiger partial charge >= 0.3 is 0 Å². The zero-order valence-corrected chi connectivity index (χ0v) is 17.8. The zero-order chi connectivity index (χ0) is 21.5. The fourth-order valence-electron chi connectivity index (χ4n) is 4.54. The van der Waals surface area contributed by atoms with Crippen LogP contribution in [0.3, 0.4) is 0 Å². The van der Waals surface area contributed by atoms with E-state index in [2.05, 4.69) is 28.7 Å². The highest BCUT2D eigenvalue weighted by Crippen LogP contribution is 2.23. The molecule has 0 unspecified atom stereocenters. The van der Waals surface area contributed by atoms with E-state index in [1.54, 1.807) is 6.07 Å². The van der Waals surface area contributed by atoms with Crippen molar-refractivity contribution in [1.82, 2.24) is 14.9 Å². The van der Waals surface area contributed by atoms with Gasteiger partial charge in [-0.1, -0.05) is 38.1 Å². The number of pyridine rings is 2. The average Bonchev–Trinajstić information content (AvgIpc) is 2.79. The van der Waals surface area contributed by atoms with E-state index in [4.69, 9.17) is 0 Å². The quantitative estimate of drug-likeness (QED) is 0.417. The SMILES string of the molecule is CCN(CC)CCc1cccc2[nH]c3cc4c(=O)c5ccccc5[nH]c4cc3c(=O)c12. The summed E-state index contributed by atoms with van der Waals surface area (Å²) in [6.45, 7) is 7.22. The molecule has 5 rings (SSSR count). The third-order valence-electron chi connectivity index (χ3n) is 6.33. The summed E-state index contributed by atoms with van der Waals surface area (Å²) in [5.41, 5.74) is 3.99. The maximum atomic E-state index is 13.6. The molecule has 5 nitrogen and oxygen atoms in total. The molecular formula is C26H25N3O2. The fourth-order valence-corrected chi connectivity index (χ4v) is 4.54. The number of fused-ring (bicyclic) bond motifs is 4. The summed E-state index contributed by atoms with van der Waals surface area (Å²) in [5, 5.41) is 2.57. The Bertz CT molecular complexity index is 1560. The molecule has 5 heteroatoms. The van der Waals surface area contributed by atoms with Crippen LogP contribution in [0.4, 0.5) is 0 Å². The van der Waals surface area contributed by atoms with Crippen molar-refractivity contribution in [2.75, 3.05) is 19.6 Å². The summed E-state index contributed by atoms with van der Waals surface area (Å²) >= 11 is 0. The molecule has 0 spiro atoms. The third-order valence-corrected chi connectivity index (χ3v) is 6.33. The summed E-state index contributed by atoms with van der Waals surface area (Å²) < 4.78 is 0. The number of H-pyrrole nitrogens is 2. The molecule has 156 valence electrons. The molecule has 2 aromatic heterocycles. The topological polar surface area (TPSA) is 69.0 Å². The number of benzene rings is 3. The molecule has 2 heterocycles. The van der Waals surface area contributed by atoms with Gasteiger partial charge in [0.05, 0.1) is 16.6 Å². The van der Waals surface area contributed by atoms with Gasteiger partial charge in [-0.15, -0.1) is 0 Å². The van der Waals surface area contributed by atoms with Crippen molar-refractivity contribution in [2.24, 2.45) is 0 Å². The van der Waals surface area contributed by atoms with E-state index in [9.17, 15) is 9.59 Å². The van der Waals surface area contributed by atoms with Crippen LogP contribution in [0.15, 0.2) is 64.2 Å². The molecule has 3 aromatic carbocycles. The Morgan fingerprint density at radius 3 is 2.10 bits per heavy atom. The summed E-state index contributed by atoms with van der Waals surface area (Å²) in [4.78, 5) is 35.7. The smallest absolute Gasteiger partial charge is 0.197 e. The minimum absolute atomic E-state index is 0.00908. The van der Waals surface area contributed by atoms with E-state index < -0.39 is 0 Å². The number of aromatic nitrogens is 2. The van der Waals surface area contributed by atoms with Gasteiger partial charge in [0.25, 0.3) is 0 Å². The molecule has 2 N–H and O–H groups in total. The van der Waals surface area contributed by atoms with Crippen molar-refractivity contribution in [3.05, 3.63) is 80.6 Å². The number of rotatable bonds is 5. The lowest BCUT2D eigenvalue weighted by atomic mass is 10.0. The van der Waals surface area contributed by atoms with Gasteiger partial charge in [0.2, 0.25) is 0 Å². The maximum absolute atomic E-state index is 13.6. The molecule has 0 atom stereocenters. The van der Waals surface area contributed by atoms with Crippen LogP contribution in [-0.4, -0.2) is 34.5 Å². The summed E-state index contributed by atoms with van der Waals surface area (Å²) in [6, 6.07) is 17.1. The standard InChI is InChI=1S/C26H25N3O2/c1-3-29(4-2)13-12-16-8-7-11-21-24(16)26(31)19-15-22-18(14-23(19)28-21)25(30)17-9-5-6-10-20(17)27-22/h5-11,14-15H,3-4,12-13H2,1-2H3,(H,27,30)(H,28,31). The normalized spacial score (nSPS) is 12.0. The van der Waals surface area contributed by atoms with Crippen LogP contribution >= 0.6 is 0 Å². The second-order valence-electron chi connectivity index (χ2n) is 8.01. The molecule has 0 aliphatic rings. The number of para-hydroxylation sites is 1. The van der Waals surface area contributed by atoms with Gasteiger partial charge in [-0.25, -0.2) is 0 Å². The molecule has 0 saturated heterocycles. The lowest BCUT2D eigenvalue weighted by Crippen LogP contribution is -2.25. The lowest BCUT2D eigenvalue weighted by molar-refractivity contribution is 0.308. The number of likely N-dealkylation sites (N-methyl/N-ethyl adjacent to an activating group) is 1. The van der Waals surface area contributed by atoms with E-state index in [-0.39, 0.29) is 10.9 Å². The van der Waals surface area contributed by atoms with Crippen LogP contribution < -0.4 is 10.9 Å². The predicted octanol–water partition coefficient (Wildman–Crippen LogP) is 4.56. The Morgan fingerprint density at radius 2 is 1.35 bits per heavy atom. The Morgan fingerprint density at radius 1 is 0.710 bits per heavy atom. The van der Waals surface area contributed by atoms with E-state index in [0.29, 0.717) is 27.2 Å². The van der Waals surface area contributed by atoms with Crippen LogP contribution in [0, 0.1) is 0 Å². The molecule has 0 radical (unpaired) electrons.